The van der Waals surface area contributed by atoms with Crippen molar-refractivity contribution in [1.29, 1.82) is 0 Å². The first-order chi connectivity index (χ1) is 10.4. The highest BCUT2D eigenvalue weighted by molar-refractivity contribution is 7.89. The van der Waals surface area contributed by atoms with Gasteiger partial charge >= 0.3 is 0 Å². The fraction of sp³-hybridized carbons (Fsp3) is 0.929. The van der Waals surface area contributed by atoms with Gasteiger partial charge in [0.25, 0.3) is 0 Å². The maximum absolute atomic E-state index is 12.1. The first-order valence-electron chi connectivity index (χ1n) is 7.83. The SMILES string of the molecule is CCN(CC)S(=O)(=O)CC(=O)NCC1(COC)CCNCC1. The van der Waals surface area contributed by atoms with E-state index >= 15 is 0 Å². The standard InChI is InChI=1S/C14H29N3O4S/c1-4-17(5-2)22(19,20)10-13(18)16-11-14(12-21-3)6-8-15-9-7-14/h15H,4-12H2,1-3H3,(H,16,18). The zero-order valence-corrected chi connectivity index (χ0v) is 14.7. The second-order valence-electron chi connectivity index (χ2n) is 5.80. The maximum Gasteiger partial charge on any atom is 0.236 e. The van der Waals surface area contributed by atoms with E-state index in [0.717, 1.165) is 25.9 Å². The first-order valence-corrected chi connectivity index (χ1v) is 9.44. The molecule has 0 aromatic carbocycles. The summed E-state index contributed by atoms with van der Waals surface area (Å²) in [5.74, 6) is -0.934. The van der Waals surface area contributed by atoms with Crippen molar-refractivity contribution < 1.29 is 17.9 Å². The Morgan fingerprint density at radius 1 is 1.27 bits per heavy atom. The lowest BCUT2D eigenvalue weighted by Crippen LogP contribution is -2.48. The van der Waals surface area contributed by atoms with Crippen molar-refractivity contribution in [3.8, 4) is 0 Å². The van der Waals surface area contributed by atoms with Gasteiger partial charge in [0.1, 0.15) is 5.75 Å². The summed E-state index contributed by atoms with van der Waals surface area (Å²) in [5.41, 5.74) is -0.103. The van der Waals surface area contributed by atoms with Gasteiger partial charge in [-0.3, -0.25) is 4.79 Å². The fourth-order valence-corrected chi connectivity index (χ4v) is 4.25. The molecule has 7 nitrogen and oxygen atoms in total. The molecule has 1 aliphatic rings. The molecule has 1 fully saturated rings. The molecule has 1 aliphatic heterocycles. The van der Waals surface area contributed by atoms with Gasteiger partial charge in [0.15, 0.2) is 0 Å². The number of amides is 1. The summed E-state index contributed by atoms with van der Waals surface area (Å²) in [4.78, 5) is 12.0. The lowest BCUT2D eigenvalue weighted by atomic mass is 9.79. The lowest BCUT2D eigenvalue weighted by molar-refractivity contribution is -0.119. The van der Waals surface area contributed by atoms with Crippen LogP contribution in [-0.2, 0) is 19.6 Å². The second kappa shape index (κ2) is 8.81. The van der Waals surface area contributed by atoms with Crippen molar-refractivity contribution >= 4 is 15.9 Å². The topological polar surface area (TPSA) is 87.7 Å². The molecule has 0 aromatic rings. The first kappa shape index (κ1) is 19.3. The predicted octanol–water partition coefficient (Wildman–Crippen LogP) is -0.210. The molecular weight excluding hydrogens is 306 g/mol. The van der Waals surface area contributed by atoms with Gasteiger partial charge in [-0.05, 0) is 25.9 Å². The zero-order valence-electron chi connectivity index (χ0n) is 13.9. The fourth-order valence-electron chi connectivity index (χ4n) is 2.85. The Bertz CT molecular complexity index is 437. The Hall–Kier alpha value is -0.700. The third-order valence-electron chi connectivity index (χ3n) is 4.19. The van der Waals surface area contributed by atoms with Crippen LogP contribution in [-0.4, -0.2) is 70.8 Å². The van der Waals surface area contributed by atoms with Crippen LogP contribution < -0.4 is 10.6 Å². The van der Waals surface area contributed by atoms with Gasteiger partial charge < -0.3 is 15.4 Å². The summed E-state index contributed by atoms with van der Waals surface area (Å²) in [6, 6.07) is 0. The van der Waals surface area contributed by atoms with Gasteiger partial charge in [0.2, 0.25) is 15.9 Å². The Labute approximate surface area is 133 Å². The number of nitrogens with one attached hydrogen (secondary N) is 2. The Morgan fingerprint density at radius 3 is 2.36 bits per heavy atom. The number of ether oxygens (including phenoxy) is 1. The highest BCUT2D eigenvalue weighted by atomic mass is 32.2. The molecule has 0 radical (unpaired) electrons. The Balaban J connectivity index is 2.57. The van der Waals surface area contributed by atoms with Crippen molar-refractivity contribution in [2.45, 2.75) is 26.7 Å². The van der Waals surface area contributed by atoms with Gasteiger partial charge in [-0.15, -0.1) is 0 Å². The molecular formula is C14H29N3O4S. The maximum atomic E-state index is 12.1. The van der Waals surface area contributed by atoms with Crippen molar-refractivity contribution in [2.75, 3.05) is 52.2 Å². The molecule has 1 saturated heterocycles. The van der Waals surface area contributed by atoms with Gasteiger partial charge in [-0.25, -0.2) is 12.7 Å². The van der Waals surface area contributed by atoms with Crippen molar-refractivity contribution in [1.82, 2.24) is 14.9 Å². The number of carbonyl (C=O) groups excluding carboxylic acids is 1. The number of methoxy groups -OCH3 is 1. The van der Waals surface area contributed by atoms with Crippen LogP contribution in [0.1, 0.15) is 26.7 Å². The molecule has 1 amide bonds. The number of carbonyl (C=O) groups is 1. The highest BCUT2D eigenvalue weighted by Gasteiger charge is 2.33. The largest absolute Gasteiger partial charge is 0.384 e. The third-order valence-corrected chi connectivity index (χ3v) is 6.12. The summed E-state index contributed by atoms with van der Waals surface area (Å²) >= 11 is 0. The summed E-state index contributed by atoms with van der Waals surface area (Å²) in [7, 11) is -1.88. The smallest absolute Gasteiger partial charge is 0.236 e. The summed E-state index contributed by atoms with van der Waals surface area (Å²) in [6.07, 6.45) is 1.81. The quantitative estimate of drug-likeness (QED) is 0.609. The molecule has 2 N–H and O–H groups in total. The number of sulfonamides is 1. The van der Waals surface area contributed by atoms with E-state index in [1.807, 2.05) is 0 Å². The molecule has 1 heterocycles. The number of rotatable bonds is 9. The van der Waals surface area contributed by atoms with Crippen LogP contribution in [0, 0.1) is 5.41 Å². The zero-order chi connectivity index (χ0) is 16.6. The van der Waals surface area contributed by atoms with E-state index in [1.165, 1.54) is 4.31 Å². The molecule has 130 valence electrons. The van der Waals surface area contributed by atoms with Crippen molar-refractivity contribution in [2.24, 2.45) is 5.41 Å². The number of hydrogen-bond acceptors (Lipinski definition) is 5. The summed E-state index contributed by atoms with van der Waals surface area (Å²) in [5, 5.41) is 6.07. The Morgan fingerprint density at radius 2 is 1.86 bits per heavy atom. The van der Waals surface area contributed by atoms with Crippen LogP contribution >= 0.6 is 0 Å². The number of piperidine rings is 1. The monoisotopic (exact) mass is 335 g/mol. The molecule has 0 aromatic heterocycles. The van der Waals surface area contributed by atoms with Crippen molar-refractivity contribution in [3.63, 3.8) is 0 Å². The molecule has 0 saturated carbocycles. The molecule has 0 bridgehead atoms. The normalized spacial score (nSPS) is 18.4. The number of hydrogen-bond donors (Lipinski definition) is 2. The summed E-state index contributed by atoms with van der Waals surface area (Å²) < 4.78 is 30.8. The minimum atomic E-state index is -3.53. The average Bonchev–Trinajstić information content (AvgIpc) is 2.47. The van der Waals surface area contributed by atoms with E-state index in [9.17, 15) is 13.2 Å². The van der Waals surface area contributed by atoms with E-state index in [1.54, 1.807) is 21.0 Å². The Kier molecular flexibility index (Phi) is 7.75. The van der Waals surface area contributed by atoms with Crippen LogP contribution in [0.25, 0.3) is 0 Å². The van der Waals surface area contributed by atoms with Crippen LogP contribution in [0.3, 0.4) is 0 Å². The van der Waals surface area contributed by atoms with E-state index in [-0.39, 0.29) is 5.41 Å². The predicted molar refractivity (Wildman–Crippen MR) is 86.1 cm³/mol. The van der Waals surface area contributed by atoms with E-state index in [4.69, 9.17) is 4.74 Å². The van der Waals surface area contributed by atoms with Gasteiger partial charge in [0, 0.05) is 32.2 Å². The van der Waals surface area contributed by atoms with Crippen LogP contribution in [0.2, 0.25) is 0 Å². The van der Waals surface area contributed by atoms with E-state index in [2.05, 4.69) is 10.6 Å². The van der Waals surface area contributed by atoms with Gasteiger partial charge in [-0.1, -0.05) is 13.8 Å². The minimum absolute atomic E-state index is 0.103. The molecule has 0 unspecified atom stereocenters. The molecule has 1 rings (SSSR count). The van der Waals surface area contributed by atoms with Gasteiger partial charge in [-0.2, -0.15) is 0 Å². The minimum Gasteiger partial charge on any atom is -0.384 e. The molecule has 22 heavy (non-hydrogen) atoms. The van der Waals surface area contributed by atoms with E-state index in [0.29, 0.717) is 26.2 Å². The van der Waals surface area contributed by atoms with E-state index < -0.39 is 21.7 Å². The second-order valence-corrected chi connectivity index (χ2v) is 7.77. The third kappa shape index (κ3) is 5.49. The molecule has 0 atom stereocenters. The van der Waals surface area contributed by atoms with Crippen LogP contribution in [0.4, 0.5) is 0 Å². The van der Waals surface area contributed by atoms with Crippen molar-refractivity contribution in [3.05, 3.63) is 0 Å². The van der Waals surface area contributed by atoms with Crippen LogP contribution in [0.5, 0.6) is 0 Å². The number of nitrogens with zero attached hydrogens (tertiary/aromatic N) is 1. The molecule has 8 heteroatoms. The molecule has 0 aliphatic carbocycles. The summed E-state index contributed by atoms with van der Waals surface area (Å²) in [6.45, 7) is 7.08. The lowest BCUT2D eigenvalue weighted by Gasteiger charge is -2.37. The average molecular weight is 335 g/mol. The van der Waals surface area contributed by atoms with Crippen LogP contribution in [0.15, 0.2) is 0 Å². The highest BCUT2D eigenvalue weighted by Crippen LogP contribution is 2.28. The van der Waals surface area contributed by atoms with Gasteiger partial charge in [0.05, 0.1) is 6.61 Å². The molecule has 0 spiro atoms.